The Hall–Kier alpha value is -3.09. The van der Waals surface area contributed by atoms with Crippen molar-refractivity contribution in [2.24, 2.45) is 0 Å². The molecule has 2 amide bonds. The molecule has 152 valence electrons. The molecule has 7 heteroatoms. The Bertz CT molecular complexity index is 901. The van der Waals surface area contributed by atoms with E-state index in [0.717, 1.165) is 18.9 Å². The van der Waals surface area contributed by atoms with E-state index in [2.05, 4.69) is 5.32 Å². The fraction of sp³-hybridized carbons (Fsp3) is 0.364. The van der Waals surface area contributed by atoms with Crippen LogP contribution in [0.1, 0.15) is 29.6 Å². The fourth-order valence-electron chi connectivity index (χ4n) is 3.54. The van der Waals surface area contributed by atoms with Gasteiger partial charge in [0.1, 0.15) is 17.9 Å². The molecule has 1 saturated heterocycles. The van der Waals surface area contributed by atoms with Gasteiger partial charge in [-0.25, -0.2) is 4.39 Å². The second-order valence-corrected chi connectivity index (χ2v) is 7.39. The number of para-hydroxylation sites is 1. The van der Waals surface area contributed by atoms with Crippen LogP contribution < -0.4 is 14.8 Å². The number of rotatable bonds is 6. The number of benzene rings is 2. The Kier molecular flexibility index (Phi) is 5.38. The smallest absolute Gasteiger partial charge is 0.254 e. The van der Waals surface area contributed by atoms with Crippen LogP contribution in [-0.4, -0.2) is 48.6 Å². The van der Waals surface area contributed by atoms with Crippen LogP contribution in [0.3, 0.4) is 0 Å². The third kappa shape index (κ3) is 4.34. The number of carbonyl (C=O) groups is 2. The quantitative estimate of drug-likeness (QED) is 0.813. The monoisotopic (exact) mass is 398 g/mol. The van der Waals surface area contributed by atoms with E-state index in [4.69, 9.17) is 9.47 Å². The van der Waals surface area contributed by atoms with Crippen LogP contribution in [0.25, 0.3) is 0 Å². The van der Waals surface area contributed by atoms with E-state index >= 15 is 0 Å². The molecule has 0 radical (unpaired) electrons. The highest BCUT2D eigenvalue weighted by Gasteiger charge is 2.42. The molecule has 6 nitrogen and oxygen atoms in total. The maximum atomic E-state index is 14.1. The van der Waals surface area contributed by atoms with E-state index in [1.54, 1.807) is 0 Å². The summed E-state index contributed by atoms with van der Waals surface area (Å²) in [6.07, 6.45) is 1.98. The van der Waals surface area contributed by atoms with Gasteiger partial charge in [-0.2, -0.15) is 0 Å². The van der Waals surface area contributed by atoms with Gasteiger partial charge in [-0.15, -0.1) is 0 Å². The molecule has 1 N–H and O–H groups in total. The van der Waals surface area contributed by atoms with Crippen LogP contribution >= 0.6 is 0 Å². The van der Waals surface area contributed by atoms with Gasteiger partial charge < -0.3 is 19.7 Å². The molecule has 2 atom stereocenters. The zero-order valence-corrected chi connectivity index (χ0v) is 16.1. The Balaban J connectivity index is 1.54. The number of likely N-dealkylation sites (tertiary alicyclic amines) is 1. The standard InChI is InChI=1S/C22H23FN2O4/c1-28-20-10-7-14(11-18(20)23)22(27)25-13-17(29-16-5-3-2-4-6-16)12-19(25)21(26)24-15-8-9-15/h2-7,10-11,15,17,19H,8-9,12-13H2,1H3,(H,24,26)/t17-,19-/m0/s1. The van der Waals surface area contributed by atoms with Crippen molar-refractivity contribution in [2.75, 3.05) is 13.7 Å². The summed E-state index contributed by atoms with van der Waals surface area (Å²) < 4.78 is 25.0. The summed E-state index contributed by atoms with van der Waals surface area (Å²) in [6, 6.07) is 12.9. The predicted octanol–water partition coefficient (Wildman–Crippen LogP) is 2.78. The summed E-state index contributed by atoms with van der Waals surface area (Å²) in [7, 11) is 1.37. The van der Waals surface area contributed by atoms with Crippen LogP contribution in [0, 0.1) is 5.82 Å². The molecule has 1 aliphatic heterocycles. The highest BCUT2D eigenvalue weighted by Crippen LogP contribution is 2.28. The summed E-state index contributed by atoms with van der Waals surface area (Å²) in [4.78, 5) is 27.3. The van der Waals surface area contributed by atoms with Gasteiger partial charge in [-0.05, 0) is 43.2 Å². The maximum absolute atomic E-state index is 14.1. The molecule has 2 aromatic rings. The summed E-state index contributed by atoms with van der Waals surface area (Å²) >= 11 is 0. The third-order valence-corrected chi connectivity index (χ3v) is 5.19. The molecule has 2 aliphatic rings. The molecule has 4 rings (SSSR count). The molecule has 1 aliphatic carbocycles. The van der Waals surface area contributed by atoms with Gasteiger partial charge in [0.2, 0.25) is 5.91 Å². The van der Waals surface area contributed by atoms with Crippen molar-refractivity contribution in [1.29, 1.82) is 0 Å². The zero-order valence-electron chi connectivity index (χ0n) is 16.1. The van der Waals surface area contributed by atoms with Crippen LogP contribution in [0.2, 0.25) is 0 Å². The number of halogens is 1. The van der Waals surface area contributed by atoms with Crippen LogP contribution in [0.5, 0.6) is 11.5 Å². The number of methoxy groups -OCH3 is 1. The van der Waals surface area contributed by atoms with E-state index in [-0.39, 0.29) is 35.9 Å². The largest absolute Gasteiger partial charge is 0.494 e. The minimum absolute atomic E-state index is 0.0660. The molecule has 2 fully saturated rings. The van der Waals surface area contributed by atoms with E-state index < -0.39 is 17.8 Å². The Morgan fingerprint density at radius 1 is 1.14 bits per heavy atom. The first-order valence-corrected chi connectivity index (χ1v) is 9.71. The summed E-state index contributed by atoms with van der Waals surface area (Å²) in [5.74, 6) is -0.454. The Morgan fingerprint density at radius 2 is 1.90 bits per heavy atom. The van der Waals surface area contributed by atoms with E-state index in [1.165, 1.54) is 24.1 Å². The van der Waals surface area contributed by atoms with Crippen LogP contribution in [0.4, 0.5) is 4.39 Å². The van der Waals surface area contributed by atoms with Crippen molar-refractivity contribution in [1.82, 2.24) is 10.2 Å². The van der Waals surface area contributed by atoms with Gasteiger partial charge in [-0.1, -0.05) is 18.2 Å². The first kappa shape index (κ1) is 19.2. The Morgan fingerprint density at radius 3 is 2.55 bits per heavy atom. The van der Waals surface area contributed by atoms with Crippen LogP contribution in [0.15, 0.2) is 48.5 Å². The van der Waals surface area contributed by atoms with Gasteiger partial charge in [0.25, 0.3) is 5.91 Å². The molecule has 0 aromatic heterocycles. The van der Waals surface area contributed by atoms with Gasteiger partial charge in [-0.3, -0.25) is 9.59 Å². The van der Waals surface area contributed by atoms with Gasteiger partial charge in [0.15, 0.2) is 11.6 Å². The number of carbonyl (C=O) groups excluding carboxylic acids is 2. The first-order chi connectivity index (χ1) is 14.0. The first-order valence-electron chi connectivity index (χ1n) is 9.71. The highest BCUT2D eigenvalue weighted by molar-refractivity contribution is 5.98. The highest BCUT2D eigenvalue weighted by atomic mass is 19.1. The lowest BCUT2D eigenvalue weighted by molar-refractivity contribution is -0.125. The summed E-state index contributed by atoms with van der Waals surface area (Å²) in [6.45, 7) is 0.254. The maximum Gasteiger partial charge on any atom is 0.254 e. The number of hydrogen-bond acceptors (Lipinski definition) is 4. The lowest BCUT2D eigenvalue weighted by Crippen LogP contribution is -2.46. The van der Waals surface area contributed by atoms with E-state index in [1.807, 2.05) is 30.3 Å². The topological polar surface area (TPSA) is 67.9 Å². The molecule has 2 aromatic carbocycles. The molecular formula is C22H23FN2O4. The molecule has 0 unspecified atom stereocenters. The van der Waals surface area contributed by atoms with Crippen molar-refractivity contribution in [2.45, 2.75) is 37.5 Å². The van der Waals surface area contributed by atoms with Gasteiger partial charge in [0, 0.05) is 18.0 Å². The molecule has 1 heterocycles. The van der Waals surface area contributed by atoms with Crippen molar-refractivity contribution in [3.63, 3.8) is 0 Å². The number of amides is 2. The zero-order chi connectivity index (χ0) is 20.4. The normalized spacial score (nSPS) is 21.0. The molecular weight excluding hydrogens is 375 g/mol. The number of nitrogens with zero attached hydrogens (tertiary/aromatic N) is 1. The number of ether oxygens (including phenoxy) is 2. The minimum atomic E-state index is -0.651. The predicted molar refractivity (Wildman–Crippen MR) is 104 cm³/mol. The second-order valence-electron chi connectivity index (χ2n) is 7.39. The average molecular weight is 398 g/mol. The van der Waals surface area contributed by atoms with Crippen molar-refractivity contribution < 1.29 is 23.5 Å². The van der Waals surface area contributed by atoms with Crippen molar-refractivity contribution in [3.05, 3.63) is 59.9 Å². The SMILES string of the molecule is COc1ccc(C(=O)N2C[C@@H](Oc3ccccc3)C[C@H]2C(=O)NC2CC2)cc1F. The molecule has 1 saturated carbocycles. The number of hydrogen-bond donors (Lipinski definition) is 1. The molecule has 29 heavy (non-hydrogen) atoms. The van der Waals surface area contributed by atoms with Gasteiger partial charge >= 0.3 is 0 Å². The van der Waals surface area contributed by atoms with Crippen LogP contribution in [-0.2, 0) is 4.79 Å². The lowest BCUT2D eigenvalue weighted by atomic mass is 10.1. The van der Waals surface area contributed by atoms with Gasteiger partial charge in [0.05, 0.1) is 13.7 Å². The third-order valence-electron chi connectivity index (χ3n) is 5.19. The van der Waals surface area contributed by atoms with E-state index in [9.17, 15) is 14.0 Å². The second kappa shape index (κ2) is 8.11. The molecule has 0 spiro atoms. The lowest BCUT2D eigenvalue weighted by Gasteiger charge is -2.23. The average Bonchev–Trinajstić information content (AvgIpc) is 3.44. The fourth-order valence-corrected chi connectivity index (χ4v) is 3.54. The molecule has 0 bridgehead atoms. The van der Waals surface area contributed by atoms with E-state index in [0.29, 0.717) is 12.2 Å². The summed E-state index contributed by atoms with van der Waals surface area (Å²) in [5, 5.41) is 2.96. The Labute approximate surface area is 168 Å². The van der Waals surface area contributed by atoms with Crippen molar-refractivity contribution in [3.8, 4) is 11.5 Å². The summed E-state index contributed by atoms with van der Waals surface area (Å²) in [5.41, 5.74) is 0.174. The number of nitrogens with one attached hydrogen (secondary N) is 1. The minimum Gasteiger partial charge on any atom is -0.494 e. The van der Waals surface area contributed by atoms with Crippen molar-refractivity contribution >= 4 is 11.8 Å².